The zero-order valence-electron chi connectivity index (χ0n) is 18.9. The lowest BCUT2D eigenvalue weighted by Gasteiger charge is -2.38. The van der Waals surface area contributed by atoms with Gasteiger partial charge >= 0.3 is 5.97 Å². The van der Waals surface area contributed by atoms with E-state index in [9.17, 15) is 9.90 Å². The fourth-order valence-corrected chi connectivity index (χ4v) is 5.67. The van der Waals surface area contributed by atoms with Gasteiger partial charge in [0.05, 0.1) is 11.6 Å². The van der Waals surface area contributed by atoms with E-state index >= 15 is 0 Å². The highest BCUT2D eigenvalue weighted by Gasteiger charge is 2.43. The van der Waals surface area contributed by atoms with E-state index < -0.39 is 5.97 Å². The minimum Gasteiger partial charge on any atom is -0.489 e. The summed E-state index contributed by atoms with van der Waals surface area (Å²) >= 11 is 5.97. The van der Waals surface area contributed by atoms with Crippen molar-refractivity contribution in [2.75, 3.05) is 5.32 Å². The van der Waals surface area contributed by atoms with E-state index in [1.807, 2.05) is 48.5 Å². The van der Waals surface area contributed by atoms with E-state index in [0.717, 1.165) is 29.0 Å². The van der Waals surface area contributed by atoms with E-state index in [1.54, 1.807) is 6.07 Å². The van der Waals surface area contributed by atoms with Crippen molar-refractivity contribution in [2.24, 2.45) is 5.92 Å². The Morgan fingerprint density at radius 1 is 0.943 bits per heavy atom. The average Bonchev–Trinajstić information content (AvgIpc) is 3.28. The molecule has 35 heavy (non-hydrogen) atoms. The SMILES string of the molecule is O=C(O)c1ccc2c(c1)[C@@H]1c3ccccc3C[C@@H]1[C@@H](c1ccc(OCc3ccc(Cl)cc3)cc1)N2. The summed E-state index contributed by atoms with van der Waals surface area (Å²) in [6, 6.07) is 30.1. The molecule has 0 bridgehead atoms. The van der Waals surface area contributed by atoms with Crippen LogP contribution in [0.15, 0.2) is 91.0 Å². The molecule has 0 amide bonds. The molecule has 0 saturated heterocycles. The molecule has 4 aromatic rings. The number of carboxylic acids is 1. The van der Waals surface area contributed by atoms with Gasteiger partial charge in [0.15, 0.2) is 0 Å². The van der Waals surface area contributed by atoms with Crippen molar-refractivity contribution in [2.45, 2.75) is 25.0 Å². The van der Waals surface area contributed by atoms with Gasteiger partial charge in [-0.2, -0.15) is 0 Å². The third-order valence-corrected chi connectivity index (χ3v) is 7.46. The number of halogens is 1. The number of rotatable bonds is 5. The van der Waals surface area contributed by atoms with Crippen molar-refractivity contribution in [3.8, 4) is 5.75 Å². The molecule has 5 heteroatoms. The number of benzene rings is 4. The van der Waals surface area contributed by atoms with E-state index in [-0.39, 0.29) is 12.0 Å². The van der Waals surface area contributed by atoms with Crippen molar-refractivity contribution in [3.63, 3.8) is 0 Å². The Labute approximate surface area is 209 Å². The molecule has 1 aliphatic heterocycles. The lowest BCUT2D eigenvalue weighted by Crippen LogP contribution is -2.30. The predicted octanol–water partition coefficient (Wildman–Crippen LogP) is 7.09. The van der Waals surface area contributed by atoms with Crippen LogP contribution in [0.1, 0.15) is 50.1 Å². The summed E-state index contributed by atoms with van der Waals surface area (Å²) in [7, 11) is 0. The molecular formula is C30H24ClNO3. The molecule has 3 atom stereocenters. The monoisotopic (exact) mass is 481 g/mol. The number of carbonyl (C=O) groups is 1. The maximum Gasteiger partial charge on any atom is 0.335 e. The fourth-order valence-electron chi connectivity index (χ4n) is 5.54. The molecule has 0 saturated carbocycles. The van der Waals surface area contributed by atoms with Crippen LogP contribution in [0.25, 0.3) is 0 Å². The summed E-state index contributed by atoms with van der Waals surface area (Å²) < 4.78 is 5.98. The first-order valence-corrected chi connectivity index (χ1v) is 12.1. The largest absolute Gasteiger partial charge is 0.489 e. The quantitative estimate of drug-likeness (QED) is 0.319. The fraction of sp³-hybridized carbons (Fsp3) is 0.167. The second kappa shape index (κ2) is 8.79. The Kier molecular flexibility index (Phi) is 5.46. The van der Waals surface area contributed by atoms with Crippen molar-refractivity contribution >= 4 is 23.3 Å². The number of hydrogen-bond donors (Lipinski definition) is 2. The van der Waals surface area contributed by atoms with Gasteiger partial charge in [0.25, 0.3) is 0 Å². The highest BCUT2D eigenvalue weighted by atomic mass is 35.5. The van der Waals surface area contributed by atoms with Gasteiger partial charge in [0.1, 0.15) is 12.4 Å². The van der Waals surface area contributed by atoms with Crippen LogP contribution in [-0.2, 0) is 13.0 Å². The number of anilines is 1. The minimum atomic E-state index is -0.896. The molecule has 1 aliphatic carbocycles. The second-order valence-electron chi connectivity index (χ2n) is 9.26. The van der Waals surface area contributed by atoms with E-state index in [0.29, 0.717) is 23.1 Å². The van der Waals surface area contributed by atoms with Crippen LogP contribution in [0.3, 0.4) is 0 Å². The van der Waals surface area contributed by atoms with E-state index in [2.05, 4.69) is 41.7 Å². The summed E-state index contributed by atoms with van der Waals surface area (Å²) in [5.41, 5.74) is 7.30. The van der Waals surface area contributed by atoms with Gasteiger partial charge in [-0.1, -0.05) is 60.1 Å². The molecule has 0 aromatic heterocycles. The van der Waals surface area contributed by atoms with Crippen LogP contribution in [0.4, 0.5) is 5.69 Å². The van der Waals surface area contributed by atoms with Crippen LogP contribution < -0.4 is 10.1 Å². The molecule has 2 aliphatic rings. The lowest BCUT2D eigenvalue weighted by molar-refractivity contribution is 0.0696. The number of ether oxygens (including phenoxy) is 1. The molecule has 4 aromatic carbocycles. The van der Waals surface area contributed by atoms with Crippen LogP contribution in [-0.4, -0.2) is 11.1 Å². The first-order chi connectivity index (χ1) is 17.1. The topological polar surface area (TPSA) is 58.6 Å². The van der Waals surface area contributed by atoms with Gasteiger partial charge in [-0.05, 0) is 82.6 Å². The van der Waals surface area contributed by atoms with Crippen molar-refractivity contribution in [1.29, 1.82) is 0 Å². The summed E-state index contributed by atoms with van der Waals surface area (Å²) in [6.45, 7) is 0.484. The van der Waals surface area contributed by atoms with Gasteiger partial charge in [0, 0.05) is 16.6 Å². The first kappa shape index (κ1) is 21.8. The first-order valence-electron chi connectivity index (χ1n) is 11.8. The van der Waals surface area contributed by atoms with Crippen molar-refractivity contribution in [1.82, 2.24) is 0 Å². The zero-order chi connectivity index (χ0) is 23.9. The smallest absolute Gasteiger partial charge is 0.335 e. The number of nitrogens with one attached hydrogen (secondary N) is 1. The molecule has 0 unspecified atom stereocenters. The predicted molar refractivity (Wildman–Crippen MR) is 137 cm³/mol. The van der Waals surface area contributed by atoms with E-state index in [4.69, 9.17) is 16.3 Å². The zero-order valence-corrected chi connectivity index (χ0v) is 19.7. The molecule has 0 fully saturated rings. The van der Waals surface area contributed by atoms with Gasteiger partial charge in [-0.25, -0.2) is 4.79 Å². The molecular weight excluding hydrogens is 458 g/mol. The van der Waals surface area contributed by atoms with Crippen LogP contribution in [0, 0.1) is 5.92 Å². The van der Waals surface area contributed by atoms with Crippen LogP contribution >= 0.6 is 11.6 Å². The molecule has 174 valence electrons. The summed E-state index contributed by atoms with van der Waals surface area (Å²) in [6.07, 6.45) is 0.948. The second-order valence-corrected chi connectivity index (χ2v) is 9.69. The number of fused-ring (bicyclic) bond motifs is 5. The third kappa shape index (κ3) is 4.04. The number of carboxylic acid groups (broad SMARTS) is 1. The Morgan fingerprint density at radius 3 is 2.49 bits per heavy atom. The standard InChI is InChI=1S/C30H24ClNO3/c31-22-10-5-18(6-11-22)17-35-23-12-7-19(8-13-23)29-26-15-20-3-1-2-4-24(20)28(26)25-16-21(30(33)34)9-14-27(25)32-29/h1-14,16,26,28-29,32H,15,17H2,(H,33,34)/t26-,28-,29+/m0/s1. The Bertz CT molecular complexity index is 1400. The summed E-state index contributed by atoms with van der Waals surface area (Å²) in [5, 5.41) is 14.0. The van der Waals surface area contributed by atoms with Gasteiger partial charge in [-0.15, -0.1) is 0 Å². The normalized spacial score (nSPS) is 19.7. The Hall–Kier alpha value is -3.76. The van der Waals surface area contributed by atoms with Crippen molar-refractivity contribution in [3.05, 3.63) is 129 Å². The lowest BCUT2D eigenvalue weighted by atomic mass is 9.75. The van der Waals surface area contributed by atoms with Gasteiger partial charge < -0.3 is 15.2 Å². The number of hydrogen-bond acceptors (Lipinski definition) is 3. The van der Waals surface area contributed by atoms with Crippen LogP contribution in [0.5, 0.6) is 5.75 Å². The molecule has 4 nitrogen and oxygen atoms in total. The summed E-state index contributed by atoms with van der Waals surface area (Å²) in [4.78, 5) is 11.7. The summed E-state index contributed by atoms with van der Waals surface area (Å²) in [5.74, 6) is 0.376. The van der Waals surface area contributed by atoms with Gasteiger partial charge in [-0.3, -0.25) is 0 Å². The number of aromatic carboxylic acids is 1. The molecule has 1 heterocycles. The highest BCUT2D eigenvalue weighted by molar-refractivity contribution is 6.30. The third-order valence-electron chi connectivity index (χ3n) is 7.20. The van der Waals surface area contributed by atoms with Gasteiger partial charge in [0.2, 0.25) is 0 Å². The average molecular weight is 482 g/mol. The maximum absolute atomic E-state index is 11.7. The highest BCUT2D eigenvalue weighted by Crippen LogP contribution is 2.54. The molecule has 0 radical (unpaired) electrons. The molecule has 2 N–H and O–H groups in total. The minimum absolute atomic E-state index is 0.112. The Morgan fingerprint density at radius 2 is 1.71 bits per heavy atom. The van der Waals surface area contributed by atoms with Crippen molar-refractivity contribution < 1.29 is 14.6 Å². The maximum atomic E-state index is 11.7. The van der Waals surface area contributed by atoms with E-state index in [1.165, 1.54) is 16.7 Å². The Balaban J connectivity index is 1.29. The molecule has 0 spiro atoms. The molecule has 6 rings (SSSR count). The van der Waals surface area contributed by atoms with Crippen LogP contribution in [0.2, 0.25) is 5.02 Å².